The van der Waals surface area contributed by atoms with Crippen LogP contribution in [0.25, 0.3) is 0 Å². The van der Waals surface area contributed by atoms with Crippen LogP contribution in [-0.2, 0) is 0 Å². The van der Waals surface area contributed by atoms with Gasteiger partial charge in [0.05, 0.1) is 0 Å². The van der Waals surface area contributed by atoms with Crippen LogP contribution in [0.5, 0.6) is 0 Å². The average molecular weight is 145 g/mol. The highest BCUT2D eigenvalue weighted by molar-refractivity contribution is 4.76. The van der Waals surface area contributed by atoms with Crippen molar-refractivity contribution in [3.05, 3.63) is 0 Å². The lowest BCUT2D eigenvalue weighted by molar-refractivity contribution is -0.120. The van der Waals surface area contributed by atoms with E-state index in [9.17, 15) is 5.11 Å². The zero-order valence-corrected chi connectivity index (χ0v) is 7.68. The van der Waals surface area contributed by atoms with Gasteiger partial charge in [-0.3, -0.25) is 4.90 Å². The van der Waals surface area contributed by atoms with Crippen LogP contribution < -0.4 is 0 Å². The Balaban J connectivity index is 4.23. The van der Waals surface area contributed by atoms with Crippen LogP contribution in [-0.4, -0.2) is 29.8 Å². The minimum absolute atomic E-state index is 0.285. The van der Waals surface area contributed by atoms with E-state index in [1.807, 2.05) is 39.8 Å². The van der Waals surface area contributed by atoms with E-state index in [0.717, 1.165) is 6.42 Å². The summed E-state index contributed by atoms with van der Waals surface area (Å²) in [5.74, 6) is 0.285. The second-order valence-corrected chi connectivity index (χ2v) is 3.28. The van der Waals surface area contributed by atoms with Crippen molar-refractivity contribution in [1.82, 2.24) is 4.90 Å². The molecule has 1 unspecified atom stereocenters. The lowest BCUT2D eigenvalue weighted by Gasteiger charge is -2.37. The SMILES string of the molecule is CCC(O)(C(C)C)N(C)C. The van der Waals surface area contributed by atoms with Gasteiger partial charge >= 0.3 is 0 Å². The van der Waals surface area contributed by atoms with E-state index >= 15 is 0 Å². The zero-order valence-electron chi connectivity index (χ0n) is 7.68. The molecule has 10 heavy (non-hydrogen) atoms. The van der Waals surface area contributed by atoms with E-state index in [-0.39, 0.29) is 5.92 Å². The highest BCUT2D eigenvalue weighted by Crippen LogP contribution is 2.22. The Morgan fingerprint density at radius 1 is 1.40 bits per heavy atom. The van der Waals surface area contributed by atoms with Gasteiger partial charge in [-0.25, -0.2) is 0 Å². The van der Waals surface area contributed by atoms with E-state index in [2.05, 4.69) is 0 Å². The van der Waals surface area contributed by atoms with Crippen molar-refractivity contribution in [2.24, 2.45) is 5.92 Å². The third kappa shape index (κ3) is 1.70. The summed E-state index contributed by atoms with van der Waals surface area (Å²) in [5, 5.41) is 9.90. The lowest BCUT2D eigenvalue weighted by Crippen LogP contribution is -2.47. The molecule has 0 aliphatic carbocycles. The number of nitrogens with zero attached hydrogens (tertiary/aromatic N) is 1. The van der Waals surface area contributed by atoms with Gasteiger partial charge < -0.3 is 5.11 Å². The first kappa shape index (κ1) is 9.92. The van der Waals surface area contributed by atoms with Gasteiger partial charge in [0.25, 0.3) is 0 Å². The van der Waals surface area contributed by atoms with Crippen molar-refractivity contribution in [1.29, 1.82) is 0 Å². The minimum atomic E-state index is -0.625. The molecule has 0 spiro atoms. The van der Waals surface area contributed by atoms with Crippen LogP contribution in [0.2, 0.25) is 0 Å². The van der Waals surface area contributed by atoms with Crippen LogP contribution >= 0.6 is 0 Å². The van der Waals surface area contributed by atoms with E-state index in [4.69, 9.17) is 0 Å². The monoisotopic (exact) mass is 145 g/mol. The molecule has 0 aromatic rings. The molecule has 0 amide bonds. The topological polar surface area (TPSA) is 23.5 Å². The molecule has 0 fully saturated rings. The highest BCUT2D eigenvalue weighted by atomic mass is 16.3. The molecule has 0 saturated carbocycles. The molecule has 1 N–H and O–H groups in total. The predicted molar refractivity (Wildman–Crippen MR) is 43.8 cm³/mol. The quantitative estimate of drug-likeness (QED) is 0.605. The molecule has 0 saturated heterocycles. The van der Waals surface area contributed by atoms with Crippen molar-refractivity contribution < 1.29 is 5.11 Å². The summed E-state index contributed by atoms with van der Waals surface area (Å²) < 4.78 is 0. The second kappa shape index (κ2) is 3.35. The molecule has 0 aromatic carbocycles. The Morgan fingerprint density at radius 3 is 1.80 bits per heavy atom. The first-order chi connectivity index (χ1) is 4.45. The normalized spacial score (nSPS) is 18.0. The number of aliphatic hydroxyl groups is 1. The summed E-state index contributed by atoms with van der Waals surface area (Å²) in [6.45, 7) is 6.06. The van der Waals surface area contributed by atoms with Gasteiger partial charge in [0, 0.05) is 0 Å². The molecule has 1 atom stereocenters. The van der Waals surface area contributed by atoms with Gasteiger partial charge in [0.2, 0.25) is 0 Å². The summed E-state index contributed by atoms with van der Waals surface area (Å²) in [5.41, 5.74) is -0.625. The fourth-order valence-electron chi connectivity index (χ4n) is 1.24. The van der Waals surface area contributed by atoms with Gasteiger partial charge in [0.1, 0.15) is 5.72 Å². The smallest absolute Gasteiger partial charge is 0.120 e. The molecular formula is C8H19NO. The first-order valence-corrected chi connectivity index (χ1v) is 3.85. The van der Waals surface area contributed by atoms with Crippen LogP contribution in [0.3, 0.4) is 0 Å². The summed E-state index contributed by atoms with van der Waals surface area (Å²) in [4.78, 5) is 1.87. The van der Waals surface area contributed by atoms with Gasteiger partial charge in [-0.1, -0.05) is 20.8 Å². The fraction of sp³-hybridized carbons (Fsp3) is 1.00. The maximum absolute atomic E-state index is 9.90. The predicted octanol–water partition coefficient (Wildman–Crippen LogP) is 1.30. The van der Waals surface area contributed by atoms with Gasteiger partial charge in [-0.2, -0.15) is 0 Å². The van der Waals surface area contributed by atoms with E-state index in [1.165, 1.54) is 0 Å². The fourth-order valence-corrected chi connectivity index (χ4v) is 1.24. The largest absolute Gasteiger partial charge is 0.375 e. The Hall–Kier alpha value is -0.0800. The maximum atomic E-state index is 9.90. The first-order valence-electron chi connectivity index (χ1n) is 3.85. The molecule has 0 aromatic heterocycles. The van der Waals surface area contributed by atoms with Crippen LogP contribution in [0.4, 0.5) is 0 Å². The molecule has 2 heteroatoms. The number of hydrogen-bond acceptors (Lipinski definition) is 2. The van der Waals surface area contributed by atoms with E-state index in [0.29, 0.717) is 0 Å². The highest BCUT2D eigenvalue weighted by Gasteiger charge is 2.30. The van der Waals surface area contributed by atoms with Crippen molar-refractivity contribution in [3.63, 3.8) is 0 Å². The Kier molecular flexibility index (Phi) is 3.33. The van der Waals surface area contributed by atoms with Crippen molar-refractivity contribution >= 4 is 0 Å². The minimum Gasteiger partial charge on any atom is -0.375 e. The molecule has 0 bridgehead atoms. The third-order valence-electron chi connectivity index (χ3n) is 2.22. The standard InChI is InChI=1S/C8H19NO/c1-6-8(10,7(2)3)9(4)5/h7,10H,6H2,1-5H3. The van der Waals surface area contributed by atoms with E-state index < -0.39 is 5.72 Å². The molecular weight excluding hydrogens is 126 g/mol. The Bertz CT molecular complexity index is 91.4. The number of rotatable bonds is 3. The van der Waals surface area contributed by atoms with Crippen LogP contribution in [0.1, 0.15) is 27.2 Å². The molecule has 0 heterocycles. The Morgan fingerprint density at radius 2 is 1.80 bits per heavy atom. The summed E-state index contributed by atoms with van der Waals surface area (Å²) in [6.07, 6.45) is 0.775. The van der Waals surface area contributed by atoms with Gasteiger partial charge in [-0.15, -0.1) is 0 Å². The lowest BCUT2D eigenvalue weighted by atomic mass is 9.96. The molecule has 0 rings (SSSR count). The van der Waals surface area contributed by atoms with Crippen molar-refractivity contribution in [3.8, 4) is 0 Å². The van der Waals surface area contributed by atoms with Crippen molar-refractivity contribution in [2.45, 2.75) is 32.9 Å². The van der Waals surface area contributed by atoms with E-state index in [1.54, 1.807) is 0 Å². The van der Waals surface area contributed by atoms with Crippen LogP contribution in [0.15, 0.2) is 0 Å². The number of hydrogen-bond donors (Lipinski definition) is 1. The summed E-state index contributed by atoms with van der Waals surface area (Å²) in [7, 11) is 3.81. The third-order valence-corrected chi connectivity index (χ3v) is 2.22. The zero-order chi connectivity index (χ0) is 8.36. The molecule has 62 valence electrons. The molecule has 0 radical (unpaired) electrons. The molecule has 2 nitrogen and oxygen atoms in total. The van der Waals surface area contributed by atoms with Gasteiger partial charge in [0.15, 0.2) is 0 Å². The maximum Gasteiger partial charge on any atom is 0.120 e. The summed E-state index contributed by atoms with van der Waals surface area (Å²) in [6, 6.07) is 0. The summed E-state index contributed by atoms with van der Waals surface area (Å²) >= 11 is 0. The average Bonchev–Trinajstić information content (AvgIpc) is 1.85. The second-order valence-electron chi connectivity index (χ2n) is 3.28. The van der Waals surface area contributed by atoms with Gasteiger partial charge in [-0.05, 0) is 26.4 Å². The van der Waals surface area contributed by atoms with Crippen molar-refractivity contribution in [2.75, 3.05) is 14.1 Å². The van der Waals surface area contributed by atoms with Crippen LogP contribution in [0, 0.1) is 5.92 Å². The molecule has 0 aliphatic heterocycles. The Labute approximate surface area is 63.8 Å². The molecule has 0 aliphatic rings.